The van der Waals surface area contributed by atoms with Crippen molar-refractivity contribution in [3.05, 3.63) is 32.6 Å². The van der Waals surface area contributed by atoms with E-state index in [2.05, 4.69) is 4.98 Å². The van der Waals surface area contributed by atoms with Gasteiger partial charge in [0.15, 0.2) is 0 Å². The van der Waals surface area contributed by atoms with Gasteiger partial charge in [-0.05, 0) is 13.0 Å². The van der Waals surface area contributed by atoms with Gasteiger partial charge in [-0.25, -0.2) is 4.79 Å². The van der Waals surface area contributed by atoms with Crippen LogP contribution in [0.25, 0.3) is 0 Å². The van der Waals surface area contributed by atoms with Crippen molar-refractivity contribution in [3.8, 4) is 6.07 Å². The van der Waals surface area contributed by atoms with E-state index < -0.39 is 11.2 Å². The second-order valence-corrected chi connectivity index (χ2v) is 2.75. The van der Waals surface area contributed by atoms with E-state index in [0.29, 0.717) is 19.5 Å². The van der Waals surface area contributed by atoms with Crippen LogP contribution in [0.4, 0.5) is 0 Å². The summed E-state index contributed by atoms with van der Waals surface area (Å²) in [6.45, 7) is 0.855. The number of nitrogens with zero attached hydrogens (tertiary/aromatic N) is 2. The Morgan fingerprint density at radius 2 is 2.29 bits per heavy atom. The first kappa shape index (κ1) is 10.2. The number of H-pyrrole nitrogens is 1. The van der Waals surface area contributed by atoms with Crippen LogP contribution in [-0.2, 0) is 6.54 Å². The number of hydrogen-bond acceptors (Lipinski definition) is 4. The Morgan fingerprint density at radius 1 is 1.57 bits per heavy atom. The maximum absolute atomic E-state index is 11.2. The lowest BCUT2D eigenvalue weighted by atomic mass is 10.3. The van der Waals surface area contributed by atoms with E-state index in [0.717, 1.165) is 0 Å². The van der Waals surface area contributed by atoms with Gasteiger partial charge in [-0.1, -0.05) is 0 Å². The molecule has 0 aliphatic rings. The smallest absolute Gasteiger partial charge is 0.328 e. The van der Waals surface area contributed by atoms with Crippen LogP contribution < -0.4 is 17.0 Å². The molecule has 1 aromatic heterocycles. The zero-order valence-electron chi connectivity index (χ0n) is 7.49. The molecular formula is C8H10N4O2. The van der Waals surface area contributed by atoms with E-state index in [-0.39, 0.29) is 5.56 Å². The lowest BCUT2D eigenvalue weighted by molar-refractivity contribution is 0.610. The van der Waals surface area contributed by atoms with E-state index in [4.69, 9.17) is 11.0 Å². The van der Waals surface area contributed by atoms with Crippen LogP contribution in [0.5, 0.6) is 0 Å². The van der Waals surface area contributed by atoms with E-state index in [1.807, 2.05) is 0 Å². The van der Waals surface area contributed by atoms with Crippen LogP contribution in [0.3, 0.4) is 0 Å². The topological polar surface area (TPSA) is 105 Å². The Kier molecular flexibility index (Phi) is 3.20. The first-order valence-electron chi connectivity index (χ1n) is 4.13. The molecule has 0 saturated heterocycles. The van der Waals surface area contributed by atoms with Crippen LogP contribution in [0.1, 0.15) is 12.0 Å². The van der Waals surface area contributed by atoms with Gasteiger partial charge in [0.25, 0.3) is 5.56 Å². The molecule has 0 fully saturated rings. The minimum Gasteiger partial charge on any atom is -0.330 e. The van der Waals surface area contributed by atoms with Gasteiger partial charge < -0.3 is 5.73 Å². The van der Waals surface area contributed by atoms with E-state index in [1.165, 1.54) is 10.8 Å². The summed E-state index contributed by atoms with van der Waals surface area (Å²) < 4.78 is 1.27. The molecule has 0 saturated carbocycles. The zero-order chi connectivity index (χ0) is 10.6. The Bertz CT molecular complexity index is 465. The summed E-state index contributed by atoms with van der Waals surface area (Å²) in [4.78, 5) is 24.2. The molecule has 0 bridgehead atoms. The van der Waals surface area contributed by atoms with Gasteiger partial charge in [0.2, 0.25) is 0 Å². The molecule has 1 rings (SSSR count). The van der Waals surface area contributed by atoms with Crippen molar-refractivity contribution in [3.63, 3.8) is 0 Å². The Labute approximate surface area is 79.6 Å². The highest BCUT2D eigenvalue weighted by Crippen LogP contribution is 1.86. The van der Waals surface area contributed by atoms with E-state index in [1.54, 1.807) is 6.07 Å². The van der Waals surface area contributed by atoms with Crippen molar-refractivity contribution in [2.24, 2.45) is 5.73 Å². The molecule has 0 spiro atoms. The van der Waals surface area contributed by atoms with Crippen molar-refractivity contribution in [1.29, 1.82) is 5.26 Å². The fourth-order valence-corrected chi connectivity index (χ4v) is 1.02. The number of nitrogens with two attached hydrogens (primary N) is 1. The fraction of sp³-hybridized carbons (Fsp3) is 0.375. The molecule has 0 radical (unpaired) electrons. The van der Waals surface area contributed by atoms with E-state index >= 15 is 0 Å². The SMILES string of the molecule is N#Cc1cn(CCCN)c(=O)[nH]c1=O. The summed E-state index contributed by atoms with van der Waals surface area (Å²) in [6.07, 6.45) is 1.87. The molecule has 3 N–H and O–H groups in total. The van der Waals surface area contributed by atoms with Gasteiger partial charge >= 0.3 is 5.69 Å². The van der Waals surface area contributed by atoms with Crippen LogP contribution in [0, 0.1) is 11.3 Å². The molecular weight excluding hydrogens is 184 g/mol. The summed E-state index contributed by atoms with van der Waals surface area (Å²) >= 11 is 0. The first-order valence-corrected chi connectivity index (χ1v) is 4.13. The molecule has 0 amide bonds. The third-order valence-corrected chi connectivity index (χ3v) is 1.73. The van der Waals surface area contributed by atoms with Gasteiger partial charge in [0.05, 0.1) is 0 Å². The van der Waals surface area contributed by atoms with Gasteiger partial charge in [-0.3, -0.25) is 14.3 Å². The lowest BCUT2D eigenvalue weighted by Gasteiger charge is -2.02. The molecule has 0 aliphatic carbocycles. The second kappa shape index (κ2) is 4.39. The molecule has 1 heterocycles. The molecule has 14 heavy (non-hydrogen) atoms. The van der Waals surface area contributed by atoms with Crippen LogP contribution >= 0.6 is 0 Å². The largest absolute Gasteiger partial charge is 0.330 e. The Hall–Kier alpha value is -1.87. The third kappa shape index (κ3) is 2.08. The fourth-order valence-electron chi connectivity index (χ4n) is 1.02. The monoisotopic (exact) mass is 194 g/mol. The predicted molar refractivity (Wildman–Crippen MR) is 49.7 cm³/mol. The standard InChI is InChI=1S/C8H10N4O2/c9-2-1-3-12-5-6(4-10)7(13)11-8(12)14/h5H,1-3,9H2,(H,11,13,14). The summed E-state index contributed by atoms with van der Waals surface area (Å²) in [7, 11) is 0. The molecule has 74 valence electrons. The van der Waals surface area contributed by atoms with Gasteiger partial charge in [0, 0.05) is 12.7 Å². The van der Waals surface area contributed by atoms with E-state index in [9.17, 15) is 9.59 Å². The molecule has 1 aromatic rings. The summed E-state index contributed by atoms with van der Waals surface area (Å²) in [5.74, 6) is 0. The van der Waals surface area contributed by atoms with Crippen molar-refractivity contribution in [2.75, 3.05) is 6.54 Å². The molecule has 6 nitrogen and oxygen atoms in total. The highest BCUT2D eigenvalue weighted by molar-refractivity contribution is 5.21. The highest BCUT2D eigenvalue weighted by Gasteiger charge is 2.02. The predicted octanol–water partition coefficient (Wildman–Crippen LogP) is -1.24. The minimum atomic E-state index is -0.651. The molecule has 0 aromatic carbocycles. The molecule has 0 atom stereocenters. The average Bonchev–Trinajstić information content (AvgIpc) is 2.17. The summed E-state index contributed by atoms with van der Waals surface area (Å²) in [5, 5.41) is 8.55. The third-order valence-electron chi connectivity index (χ3n) is 1.73. The van der Waals surface area contributed by atoms with Gasteiger partial charge in [0.1, 0.15) is 11.6 Å². The minimum absolute atomic E-state index is 0.0679. The number of aryl methyl sites for hydroxylation is 1. The molecule has 0 aliphatic heterocycles. The maximum Gasteiger partial charge on any atom is 0.328 e. The maximum atomic E-state index is 11.2. The lowest BCUT2D eigenvalue weighted by Crippen LogP contribution is -2.31. The average molecular weight is 194 g/mol. The van der Waals surface area contributed by atoms with Crippen LogP contribution in [-0.4, -0.2) is 16.1 Å². The van der Waals surface area contributed by atoms with Crippen molar-refractivity contribution in [2.45, 2.75) is 13.0 Å². The Balaban J connectivity index is 3.13. The van der Waals surface area contributed by atoms with Crippen molar-refractivity contribution >= 4 is 0 Å². The van der Waals surface area contributed by atoms with Crippen molar-refractivity contribution < 1.29 is 0 Å². The highest BCUT2D eigenvalue weighted by atomic mass is 16.2. The first-order chi connectivity index (χ1) is 6.69. The molecule has 0 unspecified atom stereocenters. The number of aromatic nitrogens is 2. The van der Waals surface area contributed by atoms with Crippen LogP contribution in [0.2, 0.25) is 0 Å². The number of nitriles is 1. The number of aromatic amines is 1. The number of nitrogens with one attached hydrogen (secondary N) is 1. The zero-order valence-corrected chi connectivity index (χ0v) is 7.49. The second-order valence-electron chi connectivity index (χ2n) is 2.75. The Morgan fingerprint density at radius 3 is 2.86 bits per heavy atom. The normalized spacial score (nSPS) is 9.71. The van der Waals surface area contributed by atoms with Gasteiger partial charge in [-0.2, -0.15) is 5.26 Å². The number of rotatable bonds is 3. The van der Waals surface area contributed by atoms with Gasteiger partial charge in [-0.15, -0.1) is 0 Å². The number of hydrogen-bond donors (Lipinski definition) is 2. The summed E-state index contributed by atoms with van der Waals surface area (Å²) in [5.41, 5.74) is 4.04. The molecule has 6 heteroatoms. The summed E-state index contributed by atoms with van der Waals surface area (Å²) in [6, 6.07) is 1.70. The van der Waals surface area contributed by atoms with Crippen LogP contribution in [0.15, 0.2) is 15.8 Å². The quantitative estimate of drug-likeness (QED) is 0.627. The van der Waals surface area contributed by atoms with Crippen molar-refractivity contribution in [1.82, 2.24) is 9.55 Å².